The highest BCUT2D eigenvalue weighted by Crippen LogP contribution is 2.57. The van der Waals surface area contributed by atoms with Crippen LogP contribution in [0.25, 0.3) is 0 Å². The maximum atomic E-state index is 12.1. The van der Waals surface area contributed by atoms with Gasteiger partial charge in [0.05, 0.1) is 0 Å². The van der Waals surface area contributed by atoms with E-state index in [0.29, 0.717) is 0 Å². The van der Waals surface area contributed by atoms with Crippen LogP contribution >= 0.6 is 0 Å². The Bertz CT molecular complexity index is 312. The standard InChI is InChI=1S/C15H23NO/c1-3-14(17)16(4-2)15-8-11-5-12(9-15)7-13(6-11)10-15/h3,11-13H,1,4-10H2,2H3. The summed E-state index contributed by atoms with van der Waals surface area (Å²) in [5.74, 6) is 2.84. The molecule has 0 aliphatic heterocycles. The van der Waals surface area contributed by atoms with Crippen LogP contribution in [0.15, 0.2) is 12.7 Å². The number of carbonyl (C=O) groups excluding carboxylic acids is 1. The van der Waals surface area contributed by atoms with Crippen molar-refractivity contribution in [1.29, 1.82) is 0 Å². The number of nitrogens with zero attached hydrogens (tertiary/aromatic N) is 1. The van der Waals surface area contributed by atoms with E-state index in [1.807, 2.05) is 0 Å². The third-order valence-electron chi connectivity index (χ3n) is 5.34. The largest absolute Gasteiger partial charge is 0.334 e. The maximum Gasteiger partial charge on any atom is 0.246 e. The summed E-state index contributed by atoms with van der Waals surface area (Å²) in [6.45, 7) is 6.62. The summed E-state index contributed by atoms with van der Waals surface area (Å²) >= 11 is 0. The van der Waals surface area contributed by atoms with Gasteiger partial charge in [0.25, 0.3) is 0 Å². The van der Waals surface area contributed by atoms with E-state index >= 15 is 0 Å². The fourth-order valence-corrected chi connectivity index (χ4v) is 5.23. The lowest BCUT2D eigenvalue weighted by Crippen LogP contribution is -2.61. The Balaban J connectivity index is 1.89. The van der Waals surface area contributed by atoms with Crippen LogP contribution in [-0.4, -0.2) is 22.9 Å². The average molecular weight is 233 g/mol. The van der Waals surface area contributed by atoms with Crippen molar-refractivity contribution < 1.29 is 4.79 Å². The van der Waals surface area contributed by atoms with Crippen molar-refractivity contribution in [1.82, 2.24) is 4.90 Å². The maximum absolute atomic E-state index is 12.1. The van der Waals surface area contributed by atoms with Crippen LogP contribution in [0, 0.1) is 17.8 Å². The smallest absolute Gasteiger partial charge is 0.246 e. The van der Waals surface area contributed by atoms with Crippen LogP contribution in [0.4, 0.5) is 0 Å². The van der Waals surface area contributed by atoms with Crippen LogP contribution < -0.4 is 0 Å². The molecule has 17 heavy (non-hydrogen) atoms. The number of rotatable bonds is 3. The monoisotopic (exact) mass is 233 g/mol. The van der Waals surface area contributed by atoms with E-state index in [4.69, 9.17) is 0 Å². The van der Waals surface area contributed by atoms with Crippen molar-refractivity contribution in [3.63, 3.8) is 0 Å². The van der Waals surface area contributed by atoms with Crippen LogP contribution in [0.1, 0.15) is 45.4 Å². The first-order chi connectivity index (χ1) is 8.16. The van der Waals surface area contributed by atoms with Crippen LogP contribution in [-0.2, 0) is 4.79 Å². The Hall–Kier alpha value is -0.790. The lowest BCUT2D eigenvalue weighted by atomic mass is 9.52. The second-order valence-electron chi connectivity index (χ2n) is 6.43. The van der Waals surface area contributed by atoms with Crippen molar-refractivity contribution in [2.75, 3.05) is 6.54 Å². The van der Waals surface area contributed by atoms with Gasteiger partial charge in [-0.3, -0.25) is 4.79 Å². The minimum Gasteiger partial charge on any atom is -0.334 e. The summed E-state index contributed by atoms with van der Waals surface area (Å²) < 4.78 is 0. The molecule has 4 saturated carbocycles. The zero-order chi connectivity index (χ0) is 12.0. The van der Waals surface area contributed by atoms with Crippen molar-refractivity contribution in [3.05, 3.63) is 12.7 Å². The lowest BCUT2D eigenvalue weighted by molar-refractivity contribution is -0.145. The molecule has 4 aliphatic carbocycles. The van der Waals surface area contributed by atoms with E-state index in [9.17, 15) is 4.79 Å². The quantitative estimate of drug-likeness (QED) is 0.686. The Morgan fingerprint density at radius 2 is 1.71 bits per heavy atom. The molecule has 0 aromatic carbocycles. The second-order valence-corrected chi connectivity index (χ2v) is 6.43. The Kier molecular flexibility index (Phi) is 2.57. The first kappa shape index (κ1) is 11.3. The van der Waals surface area contributed by atoms with Gasteiger partial charge in [-0.1, -0.05) is 6.58 Å². The lowest BCUT2D eigenvalue weighted by Gasteiger charge is -2.60. The number of hydrogen-bond acceptors (Lipinski definition) is 1. The van der Waals surface area contributed by atoms with Gasteiger partial charge in [-0.15, -0.1) is 0 Å². The molecule has 4 rings (SSSR count). The molecule has 0 aromatic heterocycles. The SMILES string of the molecule is C=CC(=O)N(CC)C12CC3CC(CC(C3)C1)C2. The molecule has 1 amide bonds. The molecule has 94 valence electrons. The van der Waals surface area contributed by atoms with Gasteiger partial charge in [-0.05, 0) is 69.3 Å². The predicted octanol–water partition coefficient (Wildman–Crippen LogP) is 2.99. The third kappa shape index (κ3) is 1.64. The second kappa shape index (κ2) is 3.86. The average Bonchev–Trinajstić information content (AvgIpc) is 2.27. The summed E-state index contributed by atoms with van der Waals surface area (Å²) in [5, 5.41) is 0. The van der Waals surface area contributed by atoms with Crippen LogP contribution in [0.3, 0.4) is 0 Å². The molecule has 2 nitrogen and oxygen atoms in total. The Labute approximate surface area is 104 Å². The molecule has 0 unspecified atom stereocenters. The molecule has 0 aromatic rings. The number of likely N-dealkylation sites (N-methyl/N-ethyl adjacent to an activating group) is 1. The minimum absolute atomic E-state index is 0.148. The van der Waals surface area contributed by atoms with Crippen molar-refractivity contribution in [3.8, 4) is 0 Å². The highest BCUT2D eigenvalue weighted by molar-refractivity contribution is 5.87. The summed E-state index contributed by atoms with van der Waals surface area (Å²) in [6.07, 6.45) is 9.56. The Morgan fingerprint density at radius 1 is 1.24 bits per heavy atom. The normalized spacial score (nSPS) is 42.5. The van der Waals surface area contributed by atoms with E-state index in [0.717, 1.165) is 24.3 Å². The van der Waals surface area contributed by atoms with E-state index < -0.39 is 0 Å². The number of amides is 1. The Morgan fingerprint density at radius 3 is 2.06 bits per heavy atom. The fraction of sp³-hybridized carbons (Fsp3) is 0.800. The highest BCUT2D eigenvalue weighted by atomic mass is 16.2. The molecule has 4 aliphatic rings. The van der Waals surface area contributed by atoms with Gasteiger partial charge in [0.1, 0.15) is 0 Å². The van der Waals surface area contributed by atoms with Gasteiger partial charge in [0, 0.05) is 12.1 Å². The summed E-state index contributed by atoms with van der Waals surface area (Å²) in [4.78, 5) is 14.2. The van der Waals surface area contributed by atoms with E-state index in [2.05, 4.69) is 18.4 Å². The molecule has 0 atom stereocenters. The molecule has 4 fully saturated rings. The first-order valence-corrected chi connectivity index (χ1v) is 7.11. The number of hydrogen-bond donors (Lipinski definition) is 0. The first-order valence-electron chi connectivity index (χ1n) is 7.11. The van der Waals surface area contributed by atoms with Crippen molar-refractivity contribution in [2.45, 2.75) is 51.0 Å². The van der Waals surface area contributed by atoms with Gasteiger partial charge in [-0.25, -0.2) is 0 Å². The van der Waals surface area contributed by atoms with Crippen LogP contribution in [0.5, 0.6) is 0 Å². The zero-order valence-electron chi connectivity index (χ0n) is 10.8. The highest BCUT2D eigenvalue weighted by Gasteiger charge is 2.53. The third-order valence-corrected chi connectivity index (χ3v) is 5.34. The van der Waals surface area contributed by atoms with Crippen LogP contribution in [0.2, 0.25) is 0 Å². The fourth-order valence-electron chi connectivity index (χ4n) is 5.23. The van der Waals surface area contributed by atoms with E-state index in [1.54, 1.807) is 0 Å². The molecule has 2 heteroatoms. The van der Waals surface area contributed by atoms with Gasteiger partial charge >= 0.3 is 0 Å². The molecule has 0 heterocycles. The molecule has 0 N–H and O–H groups in total. The molecule has 0 radical (unpaired) electrons. The summed E-state index contributed by atoms with van der Waals surface area (Å²) in [6, 6.07) is 0. The summed E-state index contributed by atoms with van der Waals surface area (Å²) in [7, 11) is 0. The predicted molar refractivity (Wildman–Crippen MR) is 68.5 cm³/mol. The topological polar surface area (TPSA) is 20.3 Å². The van der Waals surface area contributed by atoms with Crippen molar-refractivity contribution in [2.24, 2.45) is 17.8 Å². The van der Waals surface area contributed by atoms with Crippen molar-refractivity contribution >= 4 is 5.91 Å². The molecular weight excluding hydrogens is 210 g/mol. The van der Waals surface area contributed by atoms with Gasteiger partial charge in [-0.2, -0.15) is 0 Å². The van der Waals surface area contributed by atoms with Gasteiger partial charge in [0.2, 0.25) is 5.91 Å². The molecule has 0 saturated heterocycles. The van der Waals surface area contributed by atoms with Gasteiger partial charge in [0.15, 0.2) is 0 Å². The molecular formula is C15H23NO. The molecule has 0 spiro atoms. The van der Waals surface area contributed by atoms with E-state index in [-0.39, 0.29) is 11.4 Å². The number of carbonyl (C=O) groups is 1. The van der Waals surface area contributed by atoms with E-state index in [1.165, 1.54) is 44.6 Å². The van der Waals surface area contributed by atoms with Gasteiger partial charge < -0.3 is 4.90 Å². The minimum atomic E-state index is 0.148. The molecule has 4 bridgehead atoms. The summed E-state index contributed by atoms with van der Waals surface area (Å²) in [5.41, 5.74) is 0.203. The zero-order valence-corrected chi connectivity index (χ0v) is 10.8.